The Morgan fingerprint density at radius 3 is 2.83 bits per heavy atom. The number of aromatic amines is 1. The molecule has 0 saturated heterocycles. The first-order valence-electron chi connectivity index (χ1n) is 7.76. The fourth-order valence-corrected chi connectivity index (χ4v) is 3.18. The number of para-hydroxylation sites is 3. The highest BCUT2D eigenvalue weighted by atomic mass is 32.2. The Morgan fingerprint density at radius 1 is 1.13 bits per heavy atom. The molecule has 1 heterocycles. The van der Waals surface area contributed by atoms with E-state index in [2.05, 4.69) is 22.6 Å². The number of H-pyrrole nitrogens is 1. The summed E-state index contributed by atoms with van der Waals surface area (Å²) in [5, 5.41) is 0.971. The first-order chi connectivity index (χ1) is 11.4. The van der Waals surface area contributed by atoms with Gasteiger partial charge in [-0.2, -0.15) is 0 Å². The molecule has 3 aromatic rings. The van der Waals surface area contributed by atoms with Crippen LogP contribution in [-0.4, -0.2) is 22.3 Å². The summed E-state index contributed by atoms with van der Waals surface area (Å²) in [5.41, 5.74) is 3.29. The number of imidazole rings is 1. The Labute approximate surface area is 140 Å². The smallest absolute Gasteiger partial charge is 0.166 e. The third kappa shape index (κ3) is 4.17. The van der Waals surface area contributed by atoms with Crippen LogP contribution in [0.2, 0.25) is 0 Å². The quantitative estimate of drug-likeness (QED) is 0.365. The Morgan fingerprint density at radius 2 is 1.96 bits per heavy atom. The fraction of sp³-hybridized carbons (Fsp3) is 0.211. The summed E-state index contributed by atoms with van der Waals surface area (Å²) in [6.07, 6.45) is 3.72. The summed E-state index contributed by atoms with van der Waals surface area (Å²) in [4.78, 5) is 7.89. The predicted octanol–water partition coefficient (Wildman–Crippen LogP) is 4.85. The summed E-state index contributed by atoms with van der Waals surface area (Å²) in [6.45, 7) is 4.50. The number of thioether (sulfide) groups is 1. The van der Waals surface area contributed by atoms with Gasteiger partial charge in [-0.3, -0.25) is 0 Å². The molecule has 0 spiro atoms. The SMILES string of the molecule is C=CCc1ccccc1OCCCSc1nc2ccccc2[nH]1. The molecule has 0 saturated carbocycles. The van der Waals surface area contributed by atoms with Gasteiger partial charge in [0.05, 0.1) is 17.6 Å². The van der Waals surface area contributed by atoms with Crippen LogP contribution < -0.4 is 4.74 Å². The van der Waals surface area contributed by atoms with Crippen LogP contribution in [0.25, 0.3) is 11.0 Å². The van der Waals surface area contributed by atoms with Crippen molar-refractivity contribution in [3.63, 3.8) is 0 Å². The van der Waals surface area contributed by atoms with Crippen molar-refractivity contribution in [1.82, 2.24) is 9.97 Å². The van der Waals surface area contributed by atoms with E-state index in [9.17, 15) is 0 Å². The molecule has 1 aromatic heterocycles. The van der Waals surface area contributed by atoms with Gasteiger partial charge in [-0.15, -0.1) is 6.58 Å². The minimum Gasteiger partial charge on any atom is -0.493 e. The molecule has 0 amide bonds. The summed E-state index contributed by atoms with van der Waals surface area (Å²) < 4.78 is 5.89. The van der Waals surface area contributed by atoms with E-state index >= 15 is 0 Å². The lowest BCUT2D eigenvalue weighted by atomic mass is 10.1. The lowest BCUT2D eigenvalue weighted by molar-refractivity contribution is 0.316. The number of benzene rings is 2. The van der Waals surface area contributed by atoms with Gasteiger partial charge in [0.15, 0.2) is 5.16 Å². The molecule has 4 heteroatoms. The Balaban J connectivity index is 1.46. The van der Waals surface area contributed by atoms with Crippen molar-refractivity contribution in [2.24, 2.45) is 0 Å². The van der Waals surface area contributed by atoms with E-state index < -0.39 is 0 Å². The van der Waals surface area contributed by atoms with Gasteiger partial charge < -0.3 is 9.72 Å². The van der Waals surface area contributed by atoms with Gasteiger partial charge >= 0.3 is 0 Å². The number of hydrogen-bond acceptors (Lipinski definition) is 3. The maximum Gasteiger partial charge on any atom is 0.166 e. The molecular formula is C19H20N2OS. The molecule has 2 aromatic carbocycles. The summed E-state index contributed by atoms with van der Waals surface area (Å²) in [5.74, 6) is 1.94. The zero-order valence-corrected chi connectivity index (χ0v) is 13.8. The van der Waals surface area contributed by atoms with Crippen LogP contribution in [0.4, 0.5) is 0 Å². The maximum absolute atomic E-state index is 5.89. The first kappa shape index (κ1) is 15.7. The topological polar surface area (TPSA) is 37.9 Å². The van der Waals surface area contributed by atoms with E-state index in [-0.39, 0.29) is 0 Å². The molecule has 0 aliphatic heterocycles. The molecule has 1 N–H and O–H groups in total. The molecule has 0 atom stereocenters. The normalized spacial score (nSPS) is 10.8. The second-order valence-corrected chi connectivity index (χ2v) is 6.29. The largest absolute Gasteiger partial charge is 0.493 e. The summed E-state index contributed by atoms with van der Waals surface area (Å²) in [6, 6.07) is 16.2. The second kappa shape index (κ2) is 7.88. The summed E-state index contributed by atoms with van der Waals surface area (Å²) >= 11 is 1.73. The van der Waals surface area contributed by atoms with Gasteiger partial charge in [0.2, 0.25) is 0 Å². The van der Waals surface area contributed by atoms with E-state index in [1.165, 1.54) is 5.56 Å². The van der Waals surface area contributed by atoms with E-state index in [0.717, 1.165) is 40.5 Å². The number of aromatic nitrogens is 2. The zero-order chi connectivity index (χ0) is 15.9. The number of nitrogens with zero attached hydrogens (tertiary/aromatic N) is 1. The Bertz CT molecular complexity index is 749. The molecule has 0 radical (unpaired) electrons. The highest BCUT2D eigenvalue weighted by molar-refractivity contribution is 7.99. The van der Waals surface area contributed by atoms with Gasteiger partial charge in [-0.1, -0.05) is 48.2 Å². The van der Waals surface area contributed by atoms with Crippen LogP contribution in [0.15, 0.2) is 66.3 Å². The van der Waals surface area contributed by atoms with E-state index in [4.69, 9.17) is 4.74 Å². The van der Waals surface area contributed by atoms with Crippen LogP contribution in [0.5, 0.6) is 5.75 Å². The lowest BCUT2D eigenvalue weighted by Crippen LogP contribution is -2.01. The molecule has 0 fully saturated rings. The number of rotatable bonds is 8. The van der Waals surface area contributed by atoms with Crippen molar-refractivity contribution >= 4 is 22.8 Å². The Hall–Kier alpha value is -2.20. The van der Waals surface area contributed by atoms with Crippen molar-refractivity contribution in [3.05, 3.63) is 66.7 Å². The lowest BCUT2D eigenvalue weighted by Gasteiger charge is -2.09. The standard InChI is InChI=1S/C19H20N2OS/c1-2-8-15-9-3-6-12-18(15)22-13-7-14-23-19-20-16-10-4-5-11-17(16)21-19/h2-6,9-12H,1,7-8,13-14H2,(H,20,21). The fourth-order valence-electron chi connectivity index (χ4n) is 2.38. The minimum atomic E-state index is 0.710. The van der Waals surface area contributed by atoms with Gasteiger partial charge in [-0.05, 0) is 36.6 Å². The van der Waals surface area contributed by atoms with Crippen molar-refractivity contribution in [2.75, 3.05) is 12.4 Å². The number of allylic oxidation sites excluding steroid dienone is 1. The van der Waals surface area contributed by atoms with Crippen LogP contribution in [0.1, 0.15) is 12.0 Å². The Kier molecular flexibility index (Phi) is 5.37. The molecular weight excluding hydrogens is 304 g/mol. The number of nitrogens with one attached hydrogen (secondary N) is 1. The van der Waals surface area contributed by atoms with Crippen LogP contribution in [-0.2, 0) is 6.42 Å². The highest BCUT2D eigenvalue weighted by Crippen LogP contribution is 2.21. The third-order valence-electron chi connectivity index (χ3n) is 3.49. The highest BCUT2D eigenvalue weighted by Gasteiger charge is 2.03. The molecule has 3 rings (SSSR count). The minimum absolute atomic E-state index is 0.710. The third-order valence-corrected chi connectivity index (χ3v) is 4.45. The van der Waals surface area contributed by atoms with Crippen molar-refractivity contribution in [2.45, 2.75) is 18.0 Å². The van der Waals surface area contributed by atoms with Crippen LogP contribution in [0, 0.1) is 0 Å². The van der Waals surface area contributed by atoms with E-state index in [1.807, 2.05) is 48.5 Å². The number of fused-ring (bicyclic) bond motifs is 1. The van der Waals surface area contributed by atoms with Gasteiger partial charge in [-0.25, -0.2) is 4.98 Å². The van der Waals surface area contributed by atoms with Crippen LogP contribution >= 0.6 is 11.8 Å². The van der Waals surface area contributed by atoms with Gasteiger partial charge in [0, 0.05) is 5.75 Å². The molecule has 0 unspecified atom stereocenters. The maximum atomic E-state index is 5.89. The second-order valence-electron chi connectivity index (χ2n) is 5.21. The molecule has 3 nitrogen and oxygen atoms in total. The summed E-state index contributed by atoms with van der Waals surface area (Å²) in [7, 11) is 0. The molecule has 0 aliphatic carbocycles. The van der Waals surface area contributed by atoms with Crippen molar-refractivity contribution in [3.8, 4) is 5.75 Å². The average molecular weight is 324 g/mol. The monoisotopic (exact) mass is 324 g/mol. The average Bonchev–Trinajstić information content (AvgIpc) is 2.99. The number of hydrogen-bond donors (Lipinski definition) is 1. The zero-order valence-electron chi connectivity index (χ0n) is 13.0. The van der Waals surface area contributed by atoms with E-state index in [0.29, 0.717) is 6.61 Å². The van der Waals surface area contributed by atoms with Crippen LogP contribution in [0.3, 0.4) is 0 Å². The molecule has 118 valence electrons. The molecule has 0 bridgehead atoms. The molecule has 0 aliphatic rings. The number of ether oxygens (including phenoxy) is 1. The van der Waals surface area contributed by atoms with E-state index in [1.54, 1.807) is 11.8 Å². The predicted molar refractivity (Wildman–Crippen MR) is 97.3 cm³/mol. The first-order valence-corrected chi connectivity index (χ1v) is 8.74. The van der Waals surface area contributed by atoms with Crippen molar-refractivity contribution < 1.29 is 4.74 Å². The van der Waals surface area contributed by atoms with Crippen molar-refractivity contribution in [1.29, 1.82) is 0 Å². The molecule has 23 heavy (non-hydrogen) atoms. The van der Waals surface area contributed by atoms with Gasteiger partial charge in [0.25, 0.3) is 0 Å². The van der Waals surface area contributed by atoms with Gasteiger partial charge in [0.1, 0.15) is 5.75 Å².